The number of nitriles is 1. The Balaban J connectivity index is 2.26. The lowest BCUT2D eigenvalue weighted by Crippen LogP contribution is -2.44. The molecular formula is C19H23F3N4O3S2. The summed E-state index contributed by atoms with van der Waals surface area (Å²) in [5, 5.41) is 9.00. The van der Waals surface area contributed by atoms with Crippen molar-refractivity contribution in [2.24, 2.45) is 0 Å². The number of unbranched alkanes of at least 4 members (excludes halogenated alkanes) is 1. The lowest BCUT2D eigenvalue weighted by atomic mass is 10.0. The van der Waals surface area contributed by atoms with Gasteiger partial charge in [0.05, 0.1) is 28.6 Å². The van der Waals surface area contributed by atoms with E-state index in [1.165, 1.54) is 26.2 Å². The van der Waals surface area contributed by atoms with Gasteiger partial charge in [-0.1, -0.05) is 0 Å². The number of anilines is 1. The molecule has 1 aliphatic rings. The molecule has 0 spiro atoms. The second kappa shape index (κ2) is 8.72. The minimum absolute atomic E-state index is 0.0308. The van der Waals surface area contributed by atoms with E-state index in [9.17, 15) is 26.4 Å². The molecule has 1 aromatic rings. The maximum atomic E-state index is 13.3. The highest BCUT2D eigenvalue weighted by atomic mass is 32.2. The topological polar surface area (TPSA) is 84.7 Å². The predicted molar refractivity (Wildman–Crippen MR) is 114 cm³/mol. The van der Waals surface area contributed by atoms with E-state index in [1.807, 2.05) is 0 Å². The molecular weight excluding hydrogens is 453 g/mol. The Morgan fingerprint density at radius 2 is 1.84 bits per heavy atom. The summed E-state index contributed by atoms with van der Waals surface area (Å²) in [5.41, 5.74) is -2.89. The summed E-state index contributed by atoms with van der Waals surface area (Å²) in [7, 11) is -0.471. The first-order chi connectivity index (χ1) is 14.1. The van der Waals surface area contributed by atoms with Gasteiger partial charge in [-0.2, -0.15) is 18.4 Å². The molecule has 1 aliphatic heterocycles. The SMILES string of the molecule is CN(C)S(=O)(=O)CCCCN1C(=S)N(c2ccc(C#N)c(C(F)(F)F)c2)C(=O)C1(C)C. The molecule has 1 aromatic carbocycles. The molecule has 0 unspecified atom stereocenters. The van der Waals surface area contributed by atoms with Crippen LogP contribution in [0.5, 0.6) is 0 Å². The Kier molecular flexibility index (Phi) is 7.04. The number of nitrogens with zero attached hydrogens (tertiary/aromatic N) is 4. The number of thiocarbonyl (C=S) groups is 1. The fraction of sp³-hybridized carbons (Fsp3) is 0.526. The average Bonchev–Trinajstić information content (AvgIpc) is 2.82. The molecule has 31 heavy (non-hydrogen) atoms. The van der Waals surface area contributed by atoms with E-state index in [1.54, 1.807) is 18.7 Å². The third-order valence-electron chi connectivity index (χ3n) is 5.10. The van der Waals surface area contributed by atoms with Crippen molar-refractivity contribution in [2.75, 3.05) is 31.3 Å². The molecule has 12 heteroatoms. The molecule has 2 rings (SSSR count). The van der Waals surface area contributed by atoms with Crippen LogP contribution >= 0.6 is 12.2 Å². The number of benzene rings is 1. The van der Waals surface area contributed by atoms with Crippen LogP contribution < -0.4 is 4.90 Å². The van der Waals surface area contributed by atoms with Crippen molar-refractivity contribution in [2.45, 2.75) is 38.4 Å². The van der Waals surface area contributed by atoms with E-state index in [0.717, 1.165) is 21.3 Å². The van der Waals surface area contributed by atoms with Crippen LogP contribution in [0.25, 0.3) is 0 Å². The van der Waals surface area contributed by atoms with Crippen LogP contribution in [0.4, 0.5) is 18.9 Å². The molecule has 0 atom stereocenters. The van der Waals surface area contributed by atoms with Gasteiger partial charge in [0.2, 0.25) is 10.0 Å². The Labute approximate surface area is 185 Å². The number of carbonyl (C=O) groups is 1. The predicted octanol–water partition coefficient (Wildman–Crippen LogP) is 2.96. The van der Waals surface area contributed by atoms with Gasteiger partial charge in [0.25, 0.3) is 5.91 Å². The molecule has 1 saturated heterocycles. The highest BCUT2D eigenvalue weighted by Gasteiger charge is 2.49. The second-order valence-corrected chi connectivity index (χ2v) is 10.4. The van der Waals surface area contributed by atoms with Gasteiger partial charge in [0, 0.05) is 20.6 Å². The van der Waals surface area contributed by atoms with Crippen LogP contribution in [0, 0.1) is 11.3 Å². The van der Waals surface area contributed by atoms with Crippen LogP contribution in [-0.4, -0.2) is 60.6 Å². The molecule has 0 bridgehead atoms. The maximum Gasteiger partial charge on any atom is 0.417 e. The zero-order valence-electron chi connectivity index (χ0n) is 17.5. The van der Waals surface area contributed by atoms with Crippen molar-refractivity contribution >= 4 is 38.9 Å². The van der Waals surface area contributed by atoms with Gasteiger partial charge in [0.1, 0.15) is 5.54 Å². The molecule has 1 heterocycles. The summed E-state index contributed by atoms with van der Waals surface area (Å²) in [4.78, 5) is 15.6. The number of hydrogen-bond donors (Lipinski definition) is 0. The Morgan fingerprint density at radius 3 is 2.35 bits per heavy atom. The van der Waals surface area contributed by atoms with Crippen molar-refractivity contribution in [3.05, 3.63) is 29.3 Å². The van der Waals surface area contributed by atoms with Crippen LogP contribution in [0.15, 0.2) is 18.2 Å². The smallest absolute Gasteiger partial charge is 0.334 e. The first kappa shape index (κ1) is 25.0. The zero-order valence-corrected chi connectivity index (χ0v) is 19.2. The normalized spacial score (nSPS) is 16.9. The highest BCUT2D eigenvalue weighted by molar-refractivity contribution is 7.89. The molecule has 1 amide bonds. The highest BCUT2D eigenvalue weighted by Crippen LogP contribution is 2.37. The summed E-state index contributed by atoms with van der Waals surface area (Å²) in [6.07, 6.45) is -4.02. The first-order valence-electron chi connectivity index (χ1n) is 9.32. The monoisotopic (exact) mass is 476 g/mol. The number of amides is 1. The summed E-state index contributed by atoms with van der Waals surface area (Å²) in [5.74, 6) is -0.570. The largest absolute Gasteiger partial charge is 0.417 e. The number of halogens is 3. The molecule has 7 nitrogen and oxygen atoms in total. The Morgan fingerprint density at radius 1 is 1.23 bits per heavy atom. The van der Waals surface area contributed by atoms with Crippen molar-refractivity contribution < 1.29 is 26.4 Å². The van der Waals surface area contributed by atoms with Gasteiger partial charge in [-0.3, -0.25) is 9.69 Å². The number of rotatable bonds is 7. The third-order valence-corrected chi connectivity index (χ3v) is 7.42. The Hall–Kier alpha value is -2.23. The number of sulfonamides is 1. The zero-order chi connectivity index (χ0) is 23.8. The van der Waals surface area contributed by atoms with Gasteiger partial charge >= 0.3 is 6.18 Å². The molecule has 170 valence electrons. The van der Waals surface area contributed by atoms with Crippen LogP contribution in [0.1, 0.15) is 37.8 Å². The van der Waals surface area contributed by atoms with Gasteiger partial charge in [-0.15, -0.1) is 0 Å². The molecule has 0 saturated carbocycles. The Bertz CT molecular complexity index is 1030. The minimum atomic E-state index is -4.77. The van der Waals surface area contributed by atoms with Crippen LogP contribution in [0.3, 0.4) is 0 Å². The molecule has 0 radical (unpaired) electrons. The maximum absolute atomic E-state index is 13.3. The number of carbonyl (C=O) groups excluding carboxylic acids is 1. The second-order valence-electron chi connectivity index (χ2n) is 7.78. The van der Waals surface area contributed by atoms with E-state index in [2.05, 4.69) is 0 Å². The van der Waals surface area contributed by atoms with E-state index >= 15 is 0 Å². The minimum Gasteiger partial charge on any atom is -0.334 e. The lowest BCUT2D eigenvalue weighted by molar-refractivity contribution is -0.137. The van der Waals surface area contributed by atoms with Gasteiger partial charge in [0.15, 0.2) is 5.11 Å². The van der Waals surface area contributed by atoms with Gasteiger partial charge in [-0.05, 0) is 57.1 Å². The van der Waals surface area contributed by atoms with Crippen molar-refractivity contribution in [3.63, 3.8) is 0 Å². The summed E-state index contributed by atoms with van der Waals surface area (Å²) < 4.78 is 64.9. The fourth-order valence-electron chi connectivity index (χ4n) is 3.18. The van der Waals surface area contributed by atoms with Crippen LogP contribution in [0.2, 0.25) is 0 Å². The van der Waals surface area contributed by atoms with E-state index in [0.29, 0.717) is 12.8 Å². The quantitative estimate of drug-likeness (QED) is 0.444. The molecule has 0 N–H and O–H groups in total. The standard InChI is InChI=1S/C19H23F3N4O3S2/c1-18(2)16(27)26(14-8-7-13(12-23)15(11-14)19(20,21)22)17(30)25(18)9-5-6-10-31(28,29)24(3)4/h7-8,11H,5-6,9-10H2,1-4H3. The van der Waals surface area contributed by atoms with Crippen molar-refractivity contribution in [3.8, 4) is 6.07 Å². The van der Waals surface area contributed by atoms with E-state index in [4.69, 9.17) is 17.5 Å². The molecule has 1 fully saturated rings. The van der Waals surface area contributed by atoms with E-state index in [-0.39, 0.29) is 23.1 Å². The number of hydrogen-bond acceptors (Lipinski definition) is 5. The third kappa shape index (κ3) is 4.99. The van der Waals surface area contributed by atoms with Crippen molar-refractivity contribution in [1.82, 2.24) is 9.21 Å². The number of alkyl halides is 3. The van der Waals surface area contributed by atoms with Gasteiger partial charge in [-0.25, -0.2) is 12.7 Å². The average molecular weight is 477 g/mol. The van der Waals surface area contributed by atoms with Crippen molar-refractivity contribution in [1.29, 1.82) is 5.26 Å². The molecule has 0 aromatic heterocycles. The van der Waals surface area contributed by atoms with Crippen LogP contribution in [-0.2, 0) is 21.0 Å². The lowest BCUT2D eigenvalue weighted by Gasteiger charge is -2.29. The summed E-state index contributed by atoms with van der Waals surface area (Å²) in [6.45, 7) is 3.47. The van der Waals surface area contributed by atoms with E-state index < -0.39 is 38.8 Å². The summed E-state index contributed by atoms with van der Waals surface area (Å²) in [6, 6.07) is 4.51. The fourth-order valence-corrected chi connectivity index (χ4v) is 4.62. The summed E-state index contributed by atoms with van der Waals surface area (Å²) >= 11 is 5.39. The first-order valence-corrected chi connectivity index (χ1v) is 11.3. The van der Waals surface area contributed by atoms with Gasteiger partial charge < -0.3 is 4.90 Å². The molecule has 0 aliphatic carbocycles.